The first kappa shape index (κ1) is 16.1. The number of carbonyl (C=O) groups is 1. The average Bonchev–Trinajstić information content (AvgIpc) is 2.94. The number of H-pyrrole nitrogens is 1. The molecule has 1 aliphatic carbocycles. The topological polar surface area (TPSA) is 44.9 Å². The quantitative estimate of drug-likeness (QED) is 0.699. The van der Waals surface area contributed by atoms with Gasteiger partial charge in [0.15, 0.2) is 11.6 Å². The fraction of sp³-hybridized carbons (Fsp3) is 0.211. The van der Waals surface area contributed by atoms with Crippen LogP contribution >= 0.6 is 11.6 Å². The maximum atomic E-state index is 13.3. The molecule has 2 N–H and O–H groups in total. The Bertz CT molecular complexity index is 983. The maximum Gasteiger partial charge on any atom is 0.251 e. The van der Waals surface area contributed by atoms with Crippen molar-refractivity contribution in [3.8, 4) is 0 Å². The Kier molecular flexibility index (Phi) is 3.96. The molecular weight excluding hydrogens is 346 g/mol. The summed E-state index contributed by atoms with van der Waals surface area (Å²) in [6.45, 7) is 0. The molecule has 0 saturated heterocycles. The van der Waals surface area contributed by atoms with Gasteiger partial charge in [0.25, 0.3) is 5.91 Å². The lowest BCUT2D eigenvalue weighted by atomic mass is 9.91. The summed E-state index contributed by atoms with van der Waals surface area (Å²) < 4.78 is 26.3. The molecule has 128 valence electrons. The van der Waals surface area contributed by atoms with Crippen LogP contribution in [0.15, 0.2) is 36.4 Å². The molecule has 1 aromatic heterocycles. The average molecular weight is 361 g/mol. The number of aromatic nitrogens is 1. The number of aromatic amines is 1. The van der Waals surface area contributed by atoms with Crippen LogP contribution in [0.2, 0.25) is 5.02 Å². The van der Waals surface area contributed by atoms with Gasteiger partial charge < -0.3 is 10.3 Å². The van der Waals surface area contributed by atoms with Gasteiger partial charge in [-0.3, -0.25) is 4.79 Å². The summed E-state index contributed by atoms with van der Waals surface area (Å²) in [5.74, 6) is -2.38. The second-order valence-corrected chi connectivity index (χ2v) is 6.75. The molecule has 0 radical (unpaired) electrons. The summed E-state index contributed by atoms with van der Waals surface area (Å²) in [5.41, 5.74) is 3.46. The summed E-state index contributed by atoms with van der Waals surface area (Å²) in [6, 6.07) is 8.82. The Morgan fingerprint density at radius 1 is 1.16 bits per heavy atom. The van der Waals surface area contributed by atoms with Gasteiger partial charge in [-0.05, 0) is 61.2 Å². The van der Waals surface area contributed by atoms with Crippen LogP contribution in [0, 0.1) is 11.6 Å². The van der Waals surface area contributed by atoms with Crippen molar-refractivity contribution >= 4 is 28.4 Å². The lowest BCUT2D eigenvalue weighted by Crippen LogP contribution is -2.38. The number of amides is 1. The van der Waals surface area contributed by atoms with Crippen LogP contribution in [0.4, 0.5) is 8.78 Å². The van der Waals surface area contributed by atoms with E-state index >= 15 is 0 Å². The van der Waals surface area contributed by atoms with E-state index < -0.39 is 17.5 Å². The van der Waals surface area contributed by atoms with Crippen molar-refractivity contribution < 1.29 is 13.6 Å². The molecule has 3 nitrogen and oxygen atoms in total. The van der Waals surface area contributed by atoms with Gasteiger partial charge in [-0.25, -0.2) is 8.78 Å². The first-order chi connectivity index (χ1) is 12.0. The van der Waals surface area contributed by atoms with Gasteiger partial charge in [0, 0.05) is 33.2 Å². The molecule has 0 saturated carbocycles. The lowest BCUT2D eigenvalue weighted by molar-refractivity contribution is 0.0933. The first-order valence-corrected chi connectivity index (χ1v) is 8.44. The van der Waals surface area contributed by atoms with Gasteiger partial charge in [-0.15, -0.1) is 0 Å². The zero-order chi connectivity index (χ0) is 17.6. The minimum Gasteiger partial charge on any atom is -0.358 e. The third-order valence-corrected chi connectivity index (χ3v) is 4.90. The van der Waals surface area contributed by atoms with Crippen LogP contribution in [0.25, 0.3) is 10.9 Å². The summed E-state index contributed by atoms with van der Waals surface area (Å²) in [7, 11) is 0. The van der Waals surface area contributed by atoms with E-state index in [4.69, 9.17) is 11.6 Å². The van der Waals surface area contributed by atoms with E-state index in [2.05, 4.69) is 10.3 Å². The molecule has 0 aliphatic heterocycles. The van der Waals surface area contributed by atoms with E-state index in [0.29, 0.717) is 11.4 Å². The highest BCUT2D eigenvalue weighted by molar-refractivity contribution is 6.31. The molecule has 0 fully saturated rings. The van der Waals surface area contributed by atoms with Crippen LogP contribution in [0.3, 0.4) is 0 Å². The molecular formula is C19H15ClF2N2O. The zero-order valence-electron chi connectivity index (χ0n) is 13.2. The highest BCUT2D eigenvalue weighted by Crippen LogP contribution is 2.31. The SMILES string of the molecule is O=C(NC1CCc2[nH]c3ccc(Cl)cc3c2C1)c1ccc(F)c(F)c1. The van der Waals surface area contributed by atoms with E-state index in [1.165, 1.54) is 6.07 Å². The molecule has 1 atom stereocenters. The Morgan fingerprint density at radius 2 is 2.00 bits per heavy atom. The predicted molar refractivity (Wildman–Crippen MR) is 92.9 cm³/mol. The molecule has 25 heavy (non-hydrogen) atoms. The number of nitrogens with one attached hydrogen (secondary N) is 2. The van der Waals surface area contributed by atoms with Gasteiger partial charge >= 0.3 is 0 Å². The summed E-state index contributed by atoms with van der Waals surface area (Å²) in [4.78, 5) is 15.7. The molecule has 1 aliphatic rings. The highest BCUT2D eigenvalue weighted by Gasteiger charge is 2.24. The molecule has 6 heteroatoms. The standard InChI is InChI=1S/C19H15ClF2N2O/c20-11-2-5-17-13(8-11)14-9-12(3-6-18(14)24-17)23-19(25)10-1-4-15(21)16(22)7-10/h1-2,4-5,7-8,12,24H,3,6,9H2,(H,23,25). The van der Waals surface area contributed by atoms with Crippen molar-refractivity contribution in [2.75, 3.05) is 0 Å². The molecule has 0 spiro atoms. The number of hydrogen-bond donors (Lipinski definition) is 2. The van der Waals surface area contributed by atoms with E-state index in [0.717, 1.165) is 47.1 Å². The monoisotopic (exact) mass is 360 g/mol. The molecule has 3 aromatic rings. The first-order valence-electron chi connectivity index (χ1n) is 8.06. The minimum atomic E-state index is -1.02. The van der Waals surface area contributed by atoms with Crippen LogP contribution in [-0.2, 0) is 12.8 Å². The van der Waals surface area contributed by atoms with E-state index in [1.54, 1.807) is 0 Å². The van der Waals surface area contributed by atoms with Crippen LogP contribution in [0.1, 0.15) is 28.0 Å². The number of fused-ring (bicyclic) bond motifs is 3. The molecule has 1 heterocycles. The normalized spacial score (nSPS) is 16.7. The minimum absolute atomic E-state index is 0.0638. The van der Waals surface area contributed by atoms with Crippen molar-refractivity contribution in [1.29, 1.82) is 0 Å². The lowest BCUT2D eigenvalue weighted by Gasteiger charge is -2.23. The van der Waals surface area contributed by atoms with Gasteiger partial charge in [-0.1, -0.05) is 11.6 Å². The van der Waals surface area contributed by atoms with Crippen LogP contribution in [0.5, 0.6) is 0 Å². The second-order valence-electron chi connectivity index (χ2n) is 6.31. The van der Waals surface area contributed by atoms with E-state index in [1.807, 2.05) is 18.2 Å². The van der Waals surface area contributed by atoms with Crippen molar-refractivity contribution in [2.24, 2.45) is 0 Å². The zero-order valence-corrected chi connectivity index (χ0v) is 14.0. The smallest absolute Gasteiger partial charge is 0.251 e. The third kappa shape index (κ3) is 3.00. The number of carbonyl (C=O) groups excluding carboxylic acids is 1. The van der Waals surface area contributed by atoms with Gasteiger partial charge in [-0.2, -0.15) is 0 Å². The highest BCUT2D eigenvalue weighted by atomic mass is 35.5. The number of halogens is 3. The number of benzene rings is 2. The van der Waals surface area contributed by atoms with Gasteiger partial charge in [0.05, 0.1) is 0 Å². The van der Waals surface area contributed by atoms with Gasteiger partial charge in [0.2, 0.25) is 0 Å². The third-order valence-electron chi connectivity index (χ3n) is 4.67. The second kappa shape index (κ2) is 6.15. The molecule has 0 bridgehead atoms. The Labute approximate surface area is 148 Å². The molecule has 4 rings (SSSR count). The number of aryl methyl sites for hydroxylation is 1. The van der Waals surface area contributed by atoms with Crippen molar-refractivity contribution in [3.63, 3.8) is 0 Å². The fourth-order valence-corrected chi connectivity index (χ4v) is 3.59. The molecule has 2 aromatic carbocycles. The Balaban J connectivity index is 1.56. The summed E-state index contributed by atoms with van der Waals surface area (Å²) >= 11 is 6.10. The maximum absolute atomic E-state index is 13.3. The number of rotatable bonds is 2. The van der Waals surface area contributed by atoms with E-state index in [-0.39, 0.29) is 11.6 Å². The molecule has 1 unspecified atom stereocenters. The Hall–Kier alpha value is -2.40. The van der Waals surface area contributed by atoms with Gasteiger partial charge in [0.1, 0.15) is 0 Å². The fourth-order valence-electron chi connectivity index (χ4n) is 3.42. The summed E-state index contributed by atoms with van der Waals surface area (Å²) in [5, 5.41) is 4.65. The number of hydrogen-bond acceptors (Lipinski definition) is 1. The van der Waals surface area contributed by atoms with E-state index in [9.17, 15) is 13.6 Å². The Morgan fingerprint density at radius 3 is 2.80 bits per heavy atom. The molecule has 1 amide bonds. The largest absolute Gasteiger partial charge is 0.358 e. The van der Waals surface area contributed by atoms with Crippen LogP contribution in [-0.4, -0.2) is 16.9 Å². The van der Waals surface area contributed by atoms with Crippen molar-refractivity contribution in [1.82, 2.24) is 10.3 Å². The van der Waals surface area contributed by atoms with Crippen molar-refractivity contribution in [2.45, 2.75) is 25.3 Å². The summed E-state index contributed by atoms with van der Waals surface area (Å²) in [6.07, 6.45) is 2.26. The predicted octanol–water partition coefficient (Wildman–Crippen LogP) is 4.39. The van der Waals surface area contributed by atoms with Crippen molar-refractivity contribution in [3.05, 3.63) is 69.9 Å². The van der Waals surface area contributed by atoms with Crippen LogP contribution < -0.4 is 5.32 Å².